The van der Waals surface area contributed by atoms with Gasteiger partial charge in [0.15, 0.2) is 5.41 Å². The maximum atomic E-state index is 13.3. The molecule has 22 heavy (non-hydrogen) atoms. The monoisotopic (exact) mass is 330 g/mol. The highest BCUT2D eigenvalue weighted by atomic mass is 19.4. The van der Waals surface area contributed by atoms with Gasteiger partial charge in [0.1, 0.15) is 12.5 Å². The molecular weight excluding hydrogens is 318 g/mol. The standard InChI is InChI=1S/C12H12F6N2O2/c1-21-7-3-6-9(11(13,14)15)10(5-19,12(16,17)18)4-8(22-2)20(6)7/h7-8H,3-4H2,1-2H3/t7-,8+,10+/m0/s1. The fourth-order valence-corrected chi connectivity index (χ4v) is 2.95. The SMILES string of the molecule is CO[C@H]1CC2=C(C(F)(F)F)[C@@](C#N)(C(F)(F)F)C[C@@H](OC)N21. The predicted octanol–water partition coefficient (Wildman–Crippen LogP) is 2.93. The molecular formula is C12H12F6N2O2. The number of ether oxygens (including phenoxy) is 2. The van der Waals surface area contributed by atoms with E-state index in [2.05, 4.69) is 0 Å². The van der Waals surface area contributed by atoms with Gasteiger partial charge in [-0.3, -0.25) is 0 Å². The van der Waals surface area contributed by atoms with Crippen molar-refractivity contribution in [3.8, 4) is 6.07 Å². The van der Waals surface area contributed by atoms with Crippen LogP contribution in [0.5, 0.6) is 0 Å². The van der Waals surface area contributed by atoms with Crippen LogP contribution >= 0.6 is 0 Å². The van der Waals surface area contributed by atoms with Crippen LogP contribution < -0.4 is 0 Å². The van der Waals surface area contributed by atoms with Crippen LogP contribution in [0.15, 0.2) is 11.3 Å². The van der Waals surface area contributed by atoms with Gasteiger partial charge in [0, 0.05) is 32.8 Å². The first kappa shape index (κ1) is 16.9. The van der Waals surface area contributed by atoms with E-state index in [-0.39, 0.29) is 6.42 Å². The maximum Gasteiger partial charge on any atom is 0.416 e. The minimum absolute atomic E-state index is 0.356. The van der Waals surface area contributed by atoms with Gasteiger partial charge in [0.25, 0.3) is 0 Å². The van der Waals surface area contributed by atoms with Gasteiger partial charge in [-0.05, 0) is 0 Å². The van der Waals surface area contributed by atoms with Gasteiger partial charge in [-0.2, -0.15) is 31.6 Å². The quantitative estimate of drug-likeness (QED) is 0.731. The molecule has 3 atom stereocenters. The van der Waals surface area contributed by atoms with Crippen LogP contribution in [0.25, 0.3) is 0 Å². The molecule has 0 N–H and O–H groups in total. The Labute approximate surface area is 121 Å². The Kier molecular flexibility index (Phi) is 3.86. The van der Waals surface area contributed by atoms with Gasteiger partial charge in [-0.1, -0.05) is 0 Å². The van der Waals surface area contributed by atoms with Crippen molar-refractivity contribution in [1.29, 1.82) is 5.26 Å². The molecule has 1 saturated heterocycles. The van der Waals surface area contributed by atoms with Crippen LogP contribution in [0.2, 0.25) is 0 Å². The molecule has 2 heterocycles. The number of nitrogens with zero attached hydrogens (tertiary/aromatic N) is 2. The van der Waals surface area contributed by atoms with Crippen molar-refractivity contribution in [3.05, 3.63) is 11.3 Å². The van der Waals surface area contributed by atoms with Crippen molar-refractivity contribution >= 4 is 0 Å². The van der Waals surface area contributed by atoms with Crippen LogP contribution in [-0.4, -0.2) is 43.9 Å². The third-order valence-corrected chi connectivity index (χ3v) is 4.00. The summed E-state index contributed by atoms with van der Waals surface area (Å²) in [6.07, 6.45) is -14.3. The Bertz CT molecular complexity index is 535. The van der Waals surface area contributed by atoms with E-state index >= 15 is 0 Å². The summed E-state index contributed by atoms with van der Waals surface area (Å²) in [5.74, 6) is 0. The average molecular weight is 330 g/mol. The van der Waals surface area contributed by atoms with E-state index in [9.17, 15) is 26.3 Å². The molecule has 10 heteroatoms. The molecule has 0 radical (unpaired) electrons. The van der Waals surface area contributed by atoms with Crippen LogP contribution in [0, 0.1) is 16.7 Å². The second kappa shape index (κ2) is 5.03. The number of alkyl halides is 6. The smallest absolute Gasteiger partial charge is 0.361 e. The maximum absolute atomic E-state index is 13.3. The zero-order chi connectivity index (χ0) is 16.9. The second-order valence-corrected chi connectivity index (χ2v) is 5.03. The molecule has 4 nitrogen and oxygen atoms in total. The molecule has 0 aromatic heterocycles. The van der Waals surface area contributed by atoms with E-state index in [0.29, 0.717) is 0 Å². The van der Waals surface area contributed by atoms with E-state index < -0.39 is 47.9 Å². The van der Waals surface area contributed by atoms with Crippen LogP contribution in [0.1, 0.15) is 12.8 Å². The van der Waals surface area contributed by atoms with Gasteiger partial charge in [0.05, 0.1) is 11.6 Å². The zero-order valence-corrected chi connectivity index (χ0v) is 11.5. The van der Waals surface area contributed by atoms with Crippen LogP contribution in [0.3, 0.4) is 0 Å². The minimum atomic E-state index is -5.37. The number of hydrogen-bond acceptors (Lipinski definition) is 4. The van der Waals surface area contributed by atoms with Crippen molar-refractivity contribution in [2.45, 2.75) is 37.7 Å². The molecule has 0 bridgehead atoms. The summed E-state index contributed by atoms with van der Waals surface area (Å²) in [6.45, 7) is 0. The molecule has 2 rings (SSSR count). The molecule has 0 aliphatic carbocycles. The lowest BCUT2D eigenvalue weighted by Gasteiger charge is -2.55. The number of nitriles is 1. The van der Waals surface area contributed by atoms with E-state index in [1.807, 2.05) is 0 Å². The molecule has 0 amide bonds. The lowest BCUT2D eigenvalue weighted by molar-refractivity contribution is -0.253. The summed E-state index contributed by atoms with van der Waals surface area (Å²) in [4.78, 5) is 1.00. The molecule has 0 saturated carbocycles. The molecule has 0 unspecified atom stereocenters. The highest BCUT2D eigenvalue weighted by Crippen LogP contribution is 2.59. The summed E-state index contributed by atoms with van der Waals surface area (Å²) < 4.78 is 89.5. The van der Waals surface area contributed by atoms with Crippen LogP contribution in [-0.2, 0) is 9.47 Å². The largest absolute Gasteiger partial charge is 0.416 e. The van der Waals surface area contributed by atoms with Crippen molar-refractivity contribution in [3.63, 3.8) is 0 Å². The van der Waals surface area contributed by atoms with Crippen LogP contribution in [0.4, 0.5) is 26.3 Å². The summed E-state index contributed by atoms with van der Waals surface area (Å²) >= 11 is 0. The molecule has 0 aromatic rings. The number of allylic oxidation sites excluding steroid dienone is 1. The van der Waals surface area contributed by atoms with Gasteiger partial charge < -0.3 is 14.4 Å². The Morgan fingerprint density at radius 2 is 1.68 bits per heavy atom. The van der Waals surface area contributed by atoms with E-state index in [0.717, 1.165) is 18.1 Å². The van der Waals surface area contributed by atoms with E-state index in [1.54, 1.807) is 0 Å². The molecule has 0 spiro atoms. The average Bonchev–Trinajstić information content (AvgIpc) is 2.36. The summed E-state index contributed by atoms with van der Waals surface area (Å²) in [5.41, 5.74) is -6.11. The third kappa shape index (κ3) is 2.14. The Morgan fingerprint density at radius 3 is 2.05 bits per heavy atom. The fourth-order valence-electron chi connectivity index (χ4n) is 2.95. The third-order valence-electron chi connectivity index (χ3n) is 4.00. The summed E-state index contributed by atoms with van der Waals surface area (Å²) in [7, 11) is 2.31. The first-order valence-electron chi connectivity index (χ1n) is 6.16. The van der Waals surface area contributed by atoms with Crippen molar-refractivity contribution in [2.24, 2.45) is 5.41 Å². The first-order chi connectivity index (χ1) is 10.0. The zero-order valence-electron chi connectivity index (χ0n) is 11.5. The number of fused-ring (bicyclic) bond motifs is 1. The van der Waals surface area contributed by atoms with Gasteiger partial charge in [-0.15, -0.1) is 0 Å². The topological polar surface area (TPSA) is 45.5 Å². The Morgan fingerprint density at radius 1 is 1.14 bits per heavy atom. The second-order valence-electron chi connectivity index (χ2n) is 5.03. The molecule has 0 aromatic carbocycles. The molecule has 124 valence electrons. The van der Waals surface area contributed by atoms with Crippen molar-refractivity contribution < 1.29 is 35.8 Å². The minimum Gasteiger partial charge on any atom is -0.361 e. The Hall–Kier alpha value is -1.47. The lowest BCUT2D eigenvalue weighted by Crippen LogP contribution is -2.62. The highest BCUT2D eigenvalue weighted by molar-refractivity contribution is 5.40. The predicted molar refractivity (Wildman–Crippen MR) is 59.8 cm³/mol. The van der Waals surface area contributed by atoms with Gasteiger partial charge >= 0.3 is 12.4 Å². The van der Waals surface area contributed by atoms with Gasteiger partial charge in [0.2, 0.25) is 0 Å². The lowest BCUT2D eigenvalue weighted by atomic mass is 9.70. The summed E-state index contributed by atoms with van der Waals surface area (Å²) in [6, 6.07) is 0.846. The number of rotatable bonds is 2. The number of halogens is 6. The molecule has 2 aliphatic heterocycles. The first-order valence-corrected chi connectivity index (χ1v) is 6.16. The Balaban J connectivity index is 2.69. The number of hydrogen-bond donors (Lipinski definition) is 0. The molecule has 2 aliphatic rings. The van der Waals surface area contributed by atoms with Gasteiger partial charge in [-0.25, -0.2) is 0 Å². The van der Waals surface area contributed by atoms with Crippen molar-refractivity contribution in [2.75, 3.05) is 14.2 Å². The fraction of sp³-hybridized carbons (Fsp3) is 0.750. The van der Waals surface area contributed by atoms with E-state index in [1.165, 1.54) is 7.11 Å². The van der Waals surface area contributed by atoms with Crippen molar-refractivity contribution in [1.82, 2.24) is 4.90 Å². The highest BCUT2D eigenvalue weighted by Gasteiger charge is 2.70. The number of methoxy groups -OCH3 is 2. The molecule has 1 fully saturated rings. The normalized spacial score (nSPS) is 32.4. The van der Waals surface area contributed by atoms with E-state index in [4.69, 9.17) is 14.7 Å². The summed E-state index contributed by atoms with van der Waals surface area (Å²) in [5, 5.41) is 8.97.